The molecule has 4 aromatic heterocycles. The van der Waals surface area contributed by atoms with Crippen molar-refractivity contribution in [3.8, 4) is 23.1 Å². The summed E-state index contributed by atoms with van der Waals surface area (Å²) in [4.78, 5) is 24.3. The van der Waals surface area contributed by atoms with E-state index in [9.17, 15) is 26.3 Å². The quantitative estimate of drug-likeness (QED) is 0.131. The van der Waals surface area contributed by atoms with E-state index in [1.165, 1.54) is 108 Å². The SMILES string of the molecule is COc1ccc2c(c1)nc(C(F)(F)F)n2-c1cnc(NCC2CCC2)cn1.COc1ccc2c(c1)nc(C(F)(F)F)n2-c1cnc(NCC2CCCC2)cn1. The number of methoxy groups -OCH3 is 2. The van der Waals surface area contributed by atoms with Crippen molar-refractivity contribution in [3.05, 3.63) is 72.8 Å². The van der Waals surface area contributed by atoms with Gasteiger partial charge < -0.3 is 20.1 Å². The molecule has 55 heavy (non-hydrogen) atoms. The summed E-state index contributed by atoms with van der Waals surface area (Å²) in [6.07, 6.45) is 4.81. The molecule has 2 fully saturated rings. The zero-order valence-electron chi connectivity index (χ0n) is 30.0. The number of aromatic nitrogens is 8. The molecule has 2 N–H and O–H groups in total. The topological polar surface area (TPSA) is 130 Å². The van der Waals surface area contributed by atoms with Crippen LogP contribution < -0.4 is 20.1 Å². The zero-order chi connectivity index (χ0) is 38.7. The Bertz CT molecular complexity index is 2230. The van der Waals surface area contributed by atoms with Crippen molar-refractivity contribution in [3.63, 3.8) is 0 Å². The predicted octanol–water partition coefficient (Wildman–Crippen LogP) is 8.50. The van der Waals surface area contributed by atoms with E-state index in [-0.39, 0.29) is 33.7 Å². The van der Waals surface area contributed by atoms with Crippen LogP contribution in [0.15, 0.2) is 61.2 Å². The maximum atomic E-state index is 13.6. The van der Waals surface area contributed by atoms with Gasteiger partial charge in [-0.15, -0.1) is 0 Å². The van der Waals surface area contributed by atoms with Gasteiger partial charge in [-0.1, -0.05) is 19.3 Å². The molecule has 0 amide bonds. The number of nitrogens with one attached hydrogen (secondary N) is 2. The lowest BCUT2D eigenvalue weighted by Gasteiger charge is -2.25. The van der Waals surface area contributed by atoms with E-state index in [0.717, 1.165) is 22.2 Å². The van der Waals surface area contributed by atoms with Crippen molar-refractivity contribution >= 4 is 33.7 Å². The lowest BCUT2D eigenvalue weighted by Crippen LogP contribution is -2.21. The first kappa shape index (κ1) is 37.6. The number of fused-ring (bicyclic) bond motifs is 2. The van der Waals surface area contributed by atoms with Gasteiger partial charge in [0.15, 0.2) is 11.6 Å². The van der Waals surface area contributed by atoms with Crippen LogP contribution in [0, 0.1) is 11.8 Å². The van der Waals surface area contributed by atoms with Crippen LogP contribution >= 0.6 is 0 Å². The minimum absolute atomic E-state index is 0.0594. The monoisotopic (exact) mass is 768 g/mol. The van der Waals surface area contributed by atoms with Crippen LogP contribution in [-0.2, 0) is 12.4 Å². The van der Waals surface area contributed by atoms with Crippen molar-refractivity contribution in [2.75, 3.05) is 37.9 Å². The highest BCUT2D eigenvalue weighted by Crippen LogP contribution is 2.36. The Morgan fingerprint density at radius 2 is 1.02 bits per heavy atom. The van der Waals surface area contributed by atoms with E-state index in [1.807, 2.05) is 0 Å². The number of alkyl halides is 6. The molecule has 2 aromatic carbocycles. The van der Waals surface area contributed by atoms with Gasteiger partial charge in [0.2, 0.25) is 11.6 Å². The molecule has 8 rings (SSSR count). The second-order valence-electron chi connectivity index (χ2n) is 13.5. The average Bonchev–Trinajstić information content (AvgIpc) is 3.91. The lowest BCUT2D eigenvalue weighted by atomic mass is 9.85. The standard InChI is InChI=1S/C19H20F3N5O.C18H18F3N5O/c1-28-13-6-7-15-14(8-13)26-18(19(20,21)22)27(15)17-11-24-16(10-25-17)23-9-12-4-2-3-5-12;1-27-12-5-6-14-13(7-12)25-17(18(19,20)21)26(14)16-10-23-15(9-24-16)22-8-11-3-2-4-11/h6-8,10-12H,2-5,9H2,1H3,(H,23,24);5-7,9-11H,2-4,8H2,1H3,(H,22,23). The molecule has 2 aliphatic rings. The van der Waals surface area contributed by atoms with E-state index >= 15 is 0 Å². The van der Waals surface area contributed by atoms with E-state index in [2.05, 4.69) is 40.5 Å². The molecule has 0 saturated heterocycles. The third kappa shape index (κ3) is 8.37. The first-order valence-corrected chi connectivity index (χ1v) is 17.8. The zero-order valence-corrected chi connectivity index (χ0v) is 30.0. The summed E-state index contributed by atoms with van der Waals surface area (Å²) in [5.74, 6) is 1.25. The highest BCUT2D eigenvalue weighted by atomic mass is 19.4. The van der Waals surface area contributed by atoms with Crippen molar-refractivity contribution in [2.45, 2.75) is 57.3 Å². The van der Waals surface area contributed by atoms with Gasteiger partial charge in [-0.05, 0) is 61.8 Å². The number of imidazole rings is 2. The Kier molecular flexibility index (Phi) is 10.7. The summed E-state index contributed by atoms with van der Waals surface area (Å²) >= 11 is 0. The number of hydrogen-bond acceptors (Lipinski definition) is 10. The molecule has 0 atom stereocenters. The highest BCUT2D eigenvalue weighted by molar-refractivity contribution is 5.80. The number of rotatable bonds is 10. The minimum Gasteiger partial charge on any atom is -0.497 e. The molecule has 4 heterocycles. The molecule has 0 spiro atoms. The van der Waals surface area contributed by atoms with E-state index < -0.39 is 24.0 Å². The first-order chi connectivity index (χ1) is 26.4. The Balaban J connectivity index is 0.000000169. The molecule has 0 aliphatic heterocycles. The molecular weight excluding hydrogens is 730 g/mol. The summed E-state index contributed by atoms with van der Waals surface area (Å²) in [5, 5.41) is 6.40. The fourth-order valence-electron chi connectivity index (χ4n) is 6.68. The Labute approximate surface area is 311 Å². The second-order valence-corrected chi connectivity index (χ2v) is 13.5. The lowest BCUT2D eigenvalue weighted by molar-refractivity contribution is -0.146. The minimum atomic E-state index is -4.63. The largest absolute Gasteiger partial charge is 0.497 e. The Hall–Kier alpha value is -5.68. The molecule has 290 valence electrons. The average molecular weight is 769 g/mol. The van der Waals surface area contributed by atoms with Crippen LogP contribution in [0.3, 0.4) is 0 Å². The van der Waals surface area contributed by atoms with E-state index in [1.54, 1.807) is 12.1 Å². The molecule has 0 radical (unpaired) electrons. The van der Waals surface area contributed by atoms with Crippen LogP contribution in [0.1, 0.15) is 56.6 Å². The first-order valence-electron chi connectivity index (χ1n) is 17.8. The van der Waals surface area contributed by atoms with Gasteiger partial charge >= 0.3 is 12.4 Å². The third-order valence-corrected chi connectivity index (χ3v) is 9.81. The van der Waals surface area contributed by atoms with E-state index in [0.29, 0.717) is 35.0 Å². The van der Waals surface area contributed by atoms with Crippen molar-refractivity contribution < 1.29 is 35.8 Å². The van der Waals surface area contributed by atoms with Crippen LogP contribution in [0.4, 0.5) is 38.0 Å². The molecule has 12 nitrogen and oxygen atoms in total. The number of halogens is 6. The highest BCUT2D eigenvalue weighted by Gasteiger charge is 2.39. The van der Waals surface area contributed by atoms with Gasteiger partial charge in [-0.2, -0.15) is 26.3 Å². The van der Waals surface area contributed by atoms with Gasteiger partial charge in [0.1, 0.15) is 23.1 Å². The molecule has 6 aromatic rings. The molecule has 0 unspecified atom stereocenters. The van der Waals surface area contributed by atoms with Crippen LogP contribution in [0.2, 0.25) is 0 Å². The molecule has 2 aliphatic carbocycles. The van der Waals surface area contributed by atoms with E-state index in [4.69, 9.17) is 9.47 Å². The Morgan fingerprint density at radius 1 is 0.600 bits per heavy atom. The summed E-state index contributed by atoms with van der Waals surface area (Å²) < 4.78 is 93.3. The third-order valence-electron chi connectivity index (χ3n) is 9.81. The van der Waals surface area contributed by atoms with Gasteiger partial charge in [0, 0.05) is 25.2 Å². The maximum Gasteiger partial charge on any atom is 0.450 e. The smallest absolute Gasteiger partial charge is 0.450 e. The van der Waals surface area contributed by atoms with Crippen LogP contribution in [0.25, 0.3) is 33.7 Å². The van der Waals surface area contributed by atoms with Gasteiger partial charge in [-0.3, -0.25) is 9.13 Å². The van der Waals surface area contributed by atoms with Gasteiger partial charge in [0.05, 0.1) is 61.1 Å². The number of benzene rings is 2. The summed E-state index contributed by atoms with van der Waals surface area (Å²) in [7, 11) is 2.90. The molecular formula is C37H38F6N10O2. The maximum absolute atomic E-state index is 13.6. The van der Waals surface area contributed by atoms with Crippen LogP contribution in [-0.4, -0.2) is 66.3 Å². The number of anilines is 2. The molecule has 18 heteroatoms. The summed E-state index contributed by atoms with van der Waals surface area (Å²) in [6.45, 7) is 1.60. The summed E-state index contributed by atoms with van der Waals surface area (Å²) in [6, 6.07) is 9.16. The van der Waals surface area contributed by atoms with Gasteiger partial charge in [0.25, 0.3) is 0 Å². The van der Waals surface area contributed by atoms with Crippen LogP contribution in [0.5, 0.6) is 11.5 Å². The fraction of sp³-hybridized carbons (Fsp3) is 0.405. The van der Waals surface area contributed by atoms with Crippen molar-refractivity contribution in [2.24, 2.45) is 11.8 Å². The number of nitrogens with zero attached hydrogens (tertiary/aromatic N) is 8. The van der Waals surface area contributed by atoms with Gasteiger partial charge in [-0.25, -0.2) is 29.9 Å². The number of hydrogen-bond donors (Lipinski definition) is 2. The summed E-state index contributed by atoms with van der Waals surface area (Å²) in [5.41, 5.74) is 0.925. The predicted molar refractivity (Wildman–Crippen MR) is 193 cm³/mol. The van der Waals surface area contributed by atoms with Crippen molar-refractivity contribution in [1.82, 2.24) is 39.0 Å². The number of ether oxygens (including phenoxy) is 2. The Morgan fingerprint density at radius 3 is 1.35 bits per heavy atom. The molecule has 2 saturated carbocycles. The van der Waals surface area contributed by atoms with Crippen molar-refractivity contribution in [1.29, 1.82) is 0 Å². The normalized spacial score (nSPS) is 15.1. The second kappa shape index (κ2) is 15.6. The fourth-order valence-corrected chi connectivity index (χ4v) is 6.68. The molecule has 0 bridgehead atoms.